The minimum atomic E-state index is -0.354. The summed E-state index contributed by atoms with van der Waals surface area (Å²) in [6.07, 6.45) is 1.85. The molecule has 1 N–H and O–H groups in total. The number of rotatable bonds is 5. The van der Waals surface area contributed by atoms with Crippen molar-refractivity contribution >= 4 is 5.91 Å². The molecule has 3 rings (SSSR count). The minimum Gasteiger partial charge on any atom is -0.355 e. The normalized spacial score (nSPS) is 10.7. The van der Waals surface area contributed by atoms with Crippen molar-refractivity contribution in [2.45, 2.75) is 20.0 Å². The molecule has 2 aromatic heterocycles. The van der Waals surface area contributed by atoms with E-state index in [1.807, 2.05) is 19.2 Å². The number of nitrogens with one attached hydrogen (secondary N) is 1. The highest BCUT2D eigenvalue weighted by Crippen LogP contribution is 2.20. The molecule has 0 atom stereocenters. The lowest BCUT2D eigenvalue weighted by atomic mass is 10.1. The quantitative estimate of drug-likeness (QED) is 0.785. The zero-order valence-electron chi connectivity index (χ0n) is 12.5. The molecule has 0 radical (unpaired) electrons. The van der Waals surface area contributed by atoms with Crippen LogP contribution in [0.3, 0.4) is 0 Å². The van der Waals surface area contributed by atoms with Gasteiger partial charge in [0.1, 0.15) is 5.82 Å². The second-order valence-corrected chi connectivity index (χ2v) is 4.93. The fourth-order valence-corrected chi connectivity index (χ4v) is 2.07. The van der Waals surface area contributed by atoms with Gasteiger partial charge in [-0.2, -0.15) is 5.10 Å². The Kier molecular flexibility index (Phi) is 4.18. The lowest BCUT2D eigenvalue weighted by Crippen LogP contribution is -2.23. The maximum absolute atomic E-state index is 12.9. The average Bonchev–Trinajstić information content (AvgIpc) is 3.22. The van der Waals surface area contributed by atoms with Gasteiger partial charge in [-0.3, -0.25) is 9.48 Å². The molecule has 0 saturated carbocycles. The topological polar surface area (TPSA) is 73.0 Å². The number of carbonyl (C=O) groups is 1. The fourth-order valence-electron chi connectivity index (χ4n) is 2.07. The molecule has 2 heterocycles. The SMILES string of the molecule is CCn1ccc(CNC(=O)c2cc(-c3ccc(F)cc3)on2)n1. The summed E-state index contributed by atoms with van der Waals surface area (Å²) in [5, 5.41) is 10.7. The van der Waals surface area contributed by atoms with Gasteiger partial charge in [0, 0.05) is 24.4 Å². The first kappa shape index (κ1) is 15.0. The second kappa shape index (κ2) is 6.43. The van der Waals surface area contributed by atoms with E-state index in [1.54, 1.807) is 16.8 Å². The molecular weight excluding hydrogens is 299 g/mol. The van der Waals surface area contributed by atoms with Crippen molar-refractivity contribution < 1.29 is 13.7 Å². The number of aryl methyl sites for hydroxylation is 1. The predicted octanol–water partition coefficient (Wildman–Crippen LogP) is 2.63. The number of amides is 1. The van der Waals surface area contributed by atoms with Crippen molar-refractivity contribution in [3.8, 4) is 11.3 Å². The summed E-state index contributed by atoms with van der Waals surface area (Å²) in [5.74, 6) is -0.281. The van der Waals surface area contributed by atoms with Gasteiger partial charge in [-0.25, -0.2) is 4.39 Å². The van der Waals surface area contributed by atoms with E-state index in [4.69, 9.17) is 4.52 Å². The van der Waals surface area contributed by atoms with Crippen LogP contribution in [0.15, 0.2) is 47.1 Å². The maximum Gasteiger partial charge on any atom is 0.273 e. The van der Waals surface area contributed by atoms with Crippen LogP contribution in [0, 0.1) is 5.82 Å². The largest absolute Gasteiger partial charge is 0.355 e. The van der Waals surface area contributed by atoms with E-state index in [2.05, 4.69) is 15.6 Å². The zero-order chi connectivity index (χ0) is 16.2. The maximum atomic E-state index is 12.9. The van der Waals surface area contributed by atoms with E-state index < -0.39 is 0 Å². The van der Waals surface area contributed by atoms with Gasteiger partial charge in [0.25, 0.3) is 5.91 Å². The first-order chi connectivity index (χ1) is 11.2. The van der Waals surface area contributed by atoms with Crippen LogP contribution in [-0.2, 0) is 13.1 Å². The Bertz CT molecular complexity index is 808. The highest BCUT2D eigenvalue weighted by molar-refractivity contribution is 5.93. The van der Waals surface area contributed by atoms with Crippen LogP contribution in [0.5, 0.6) is 0 Å². The molecule has 6 nitrogen and oxygen atoms in total. The Labute approximate surface area is 131 Å². The molecule has 0 spiro atoms. The number of aromatic nitrogens is 3. The van der Waals surface area contributed by atoms with E-state index >= 15 is 0 Å². The molecule has 0 aliphatic heterocycles. The van der Waals surface area contributed by atoms with Crippen LogP contribution in [-0.4, -0.2) is 20.8 Å². The molecule has 23 heavy (non-hydrogen) atoms. The van der Waals surface area contributed by atoms with Gasteiger partial charge in [-0.1, -0.05) is 5.16 Å². The van der Waals surface area contributed by atoms with E-state index in [-0.39, 0.29) is 17.4 Å². The summed E-state index contributed by atoms with van der Waals surface area (Å²) < 4.78 is 19.8. The number of hydrogen-bond acceptors (Lipinski definition) is 4. The van der Waals surface area contributed by atoms with Crippen molar-refractivity contribution in [3.05, 3.63) is 59.8 Å². The van der Waals surface area contributed by atoms with Crippen molar-refractivity contribution in [2.75, 3.05) is 0 Å². The van der Waals surface area contributed by atoms with Crippen molar-refractivity contribution in [1.82, 2.24) is 20.3 Å². The van der Waals surface area contributed by atoms with Crippen LogP contribution in [0.1, 0.15) is 23.1 Å². The smallest absolute Gasteiger partial charge is 0.273 e. The van der Waals surface area contributed by atoms with Gasteiger partial charge in [0.2, 0.25) is 0 Å². The van der Waals surface area contributed by atoms with E-state index in [9.17, 15) is 9.18 Å². The summed E-state index contributed by atoms with van der Waals surface area (Å²) >= 11 is 0. The van der Waals surface area contributed by atoms with E-state index in [0.29, 0.717) is 17.9 Å². The zero-order valence-corrected chi connectivity index (χ0v) is 12.5. The summed E-state index contributed by atoms with van der Waals surface area (Å²) in [7, 11) is 0. The highest BCUT2D eigenvalue weighted by Gasteiger charge is 2.14. The number of nitrogens with zero attached hydrogens (tertiary/aromatic N) is 3. The molecule has 0 aliphatic carbocycles. The lowest BCUT2D eigenvalue weighted by molar-refractivity contribution is 0.0941. The van der Waals surface area contributed by atoms with Gasteiger partial charge < -0.3 is 9.84 Å². The number of carbonyl (C=O) groups excluding carboxylic acids is 1. The second-order valence-electron chi connectivity index (χ2n) is 4.93. The molecule has 0 saturated heterocycles. The third-order valence-electron chi connectivity index (χ3n) is 3.32. The van der Waals surface area contributed by atoms with Gasteiger partial charge >= 0.3 is 0 Å². The van der Waals surface area contributed by atoms with Gasteiger partial charge in [-0.05, 0) is 37.3 Å². The third-order valence-corrected chi connectivity index (χ3v) is 3.32. The van der Waals surface area contributed by atoms with Gasteiger partial charge in [0.15, 0.2) is 11.5 Å². The van der Waals surface area contributed by atoms with Crippen LogP contribution < -0.4 is 5.32 Å². The average molecular weight is 314 g/mol. The first-order valence-corrected chi connectivity index (χ1v) is 7.19. The minimum absolute atomic E-state index is 0.166. The Balaban J connectivity index is 1.65. The number of halogens is 1. The predicted molar refractivity (Wildman–Crippen MR) is 81.0 cm³/mol. The molecular formula is C16H15FN4O2. The van der Waals surface area contributed by atoms with E-state index in [0.717, 1.165) is 12.2 Å². The molecule has 1 amide bonds. The molecule has 3 aromatic rings. The number of benzene rings is 1. The molecule has 0 aliphatic rings. The Morgan fingerprint density at radius 2 is 2.09 bits per heavy atom. The monoisotopic (exact) mass is 314 g/mol. The molecule has 1 aromatic carbocycles. The van der Waals surface area contributed by atoms with Crippen LogP contribution in [0.25, 0.3) is 11.3 Å². The molecule has 0 unspecified atom stereocenters. The van der Waals surface area contributed by atoms with Crippen molar-refractivity contribution in [2.24, 2.45) is 0 Å². The molecule has 0 bridgehead atoms. The fraction of sp³-hybridized carbons (Fsp3) is 0.188. The highest BCUT2D eigenvalue weighted by atomic mass is 19.1. The van der Waals surface area contributed by atoms with Crippen molar-refractivity contribution in [3.63, 3.8) is 0 Å². The standard InChI is InChI=1S/C16H15FN4O2/c1-2-21-8-7-13(19-21)10-18-16(22)14-9-15(23-20-14)11-3-5-12(17)6-4-11/h3-9H,2,10H2,1H3,(H,18,22). The van der Waals surface area contributed by atoms with Crippen LogP contribution >= 0.6 is 0 Å². The van der Waals surface area contributed by atoms with Gasteiger partial charge in [0.05, 0.1) is 12.2 Å². The summed E-state index contributed by atoms with van der Waals surface area (Å²) in [5.41, 5.74) is 1.58. The lowest BCUT2D eigenvalue weighted by Gasteiger charge is -1.99. The first-order valence-electron chi connectivity index (χ1n) is 7.19. The third kappa shape index (κ3) is 3.45. The van der Waals surface area contributed by atoms with Crippen LogP contribution in [0.2, 0.25) is 0 Å². The molecule has 118 valence electrons. The summed E-state index contributed by atoms with van der Waals surface area (Å²) in [4.78, 5) is 12.1. The Morgan fingerprint density at radius 3 is 2.78 bits per heavy atom. The Morgan fingerprint density at radius 1 is 1.30 bits per heavy atom. The summed E-state index contributed by atoms with van der Waals surface area (Å²) in [6.45, 7) is 3.07. The van der Waals surface area contributed by atoms with Crippen LogP contribution in [0.4, 0.5) is 4.39 Å². The van der Waals surface area contributed by atoms with E-state index in [1.165, 1.54) is 18.2 Å². The van der Waals surface area contributed by atoms with Gasteiger partial charge in [-0.15, -0.1) is 0 Å². The molecule has 0 fully saturated rings. The van der Waals surface area contributed by atoms with Crippen molar-refractivity contribution in [1.29, 1.82) is 0 Å². The Hall–Kier alpha value is -2.96. The molecule has 7 heteroatoms. The summed E-state index contributed by atoms with van der Waals surface area (Å²) in [6, 6.07) is 9.14. The number of hydrogen-bond donors (Lipinski definition) is 1.